The topological polar surface area (TPSA) is 51.6 Å². The molecule has 0 fully saturated rings. The molecule has 4 nitrogen and oxygen atoms in total. The minimum atomic E-state index is -0.602. The van der Waals surface area contributed by atoms with E-state index in [1.807, 2.05) is 24.3 Å². The number of nitrogens with zero attached hydrogens (tertiary/aromatic N) is 1. The zero-order chi connectivity index (χ0) is 15.2. The van der Waals surface area contributed by atoms with Gasteiger partial charge in [-0.15, -0.1) is 0 Å². The van der Waals surface area contributed by atoms with Crippen LogP contribution in [0.15, 0.2) is 41.1 Å². The van der Waals surface area contributed by atoms with Crippen LogP contribution < -0.4 is 9.47 Å². The lowest BCUT2D eigenvalue weighted by Crippen LogP contribution is -2.04. The summed E-state index contributed by atoms with van der Waals surface area (Å²) in [7, 11) is 3.18. The summed E-state index contributed by atoms with van der Waals surface area (Å²) in [6.07, 6.45) is 4.30. The predicted molar refractivity (Wildman–Crippen MR) is 84.8 cm³/mol. The first kappa shape index (κ1) is 15.8. The Labute approximate surface area is 132 Å². The van der Waals surface area contributed by atoms with Crippen LogP contribution in [-0.4, -0.2) is 24.3 Å². The Kier molecular flexibility index (Phi) is 5.59. The largest absolute Gasteiger partial charge is 0.495 e. The average molecular weight is 352 g/mol. The Balaban J connectivity index is 2.15. The second kappa shape index (κ2) is 7.43. The normalized spacial score (nSPS) is 12.0. The van der Waals surface area contributed by atoms with Crippen molar-refractivity contribution >= 4 is 15.9 Å². The monoisotopic (exact) mass is 351 g/mol. The standard InChI is InChI=1S/C16H18BrNO3/c1-20-14-6-4-12(16(21-2)15(14)17)13(19)5-3-11-7-9-18-10-8-11/h4,6-10,13,19H,3,5H2,1-2H3. The maximum absolute atomic E-state index is 10.4. The van der Waals surface area contributed by atoms with Crippen molar-refractivity contribution in [2.24, 2.45) is 0 Å². The van der Waals surface area contributed by atoms with Gasteiger partial charge in [0.15, 0.2) is 0 Å². The van der Waals surface area contributed by atoms with Gasteiger partial charge in [0.05, 0.1) is 20.3 Å². The summed E-state index contributed by atoms with van der Waals surface area (Å²) in [6.45, 7) is 0. The Hall–Kier alpha value is -1.59. The number of methoxy groups -OCH3 is 2. The molecule has 1 unspecified atom stereocenters. The molecule has 0 saturated heterocycles. The maximum atomic E-state index is 10.4. The van der Waals surface area contributed by atoms with Crippen LogP contribution in [0, 0.1) is 0 Å². The Morgan fingerprint density at radius 3 is 2.48 bits per heavy atom. The van der Waals surface area contributed by atoms with Gasteiger partial charge in [0.1, 0.15) is 16.0 Å². The minimum absolute atomic E-state index is 0.602. The van der Waals surface area contributed by atoms with E-state index in [1.54, 1.807) is 26.6 Å². The number of benzene rings is 1. The Bertz CT molecular complexity index is 590. The van der Waals surface area contributed by atoms with Crippen molar-refractivity contribution in [1.82, 2.24) is 4.98 Å². The van der Waals surface area contributed by atoms with Gasteiger partial charge in [-0.25, -0.2) is 0 Å². The van der Waals surface area contributed by atoms with E-state index in [-0.39, 0.29) is 0 Å². The molecular formula is C16H18BrNO3. The summed E-state index contributed by atoms with van der Waals surface area (Å²) < 4.78 is 11.3. The molecule has 5 heteroatoms. The van der Waals surface area contributed by atoms with Crippen LogP contribution in [0.1, 0.15) is 23.7 Å². The number of rotatable bonds is 6. The number of aliphatic hydroxyl groups is 1. The lowest BCUT2D eigenvalue weighted by Gasteiger charge is -2.17. The second-order valence-corrected chi connectivity index (χ2v) is 5.41. The third-order valence-corrected chi connectivity index (χ3v) is 4.08. The molecule has 112 valence electrons. The third kappa shape index (κ3) is 3.74. The number of hydrogen-bond acceptors (Lipinski definition) is 4. The summed E-state index contributed by atoms with van der Waals surface area (Å²) in [4.78, 5) is 3.99. The molecule has 0 radical (unpaired) electrons. The van der Waals surface area contributed by atoms with Crippen LogP contribution >= 0.6 is 15.9 Å². The fourth-order valence-corrected chi connectivity index (χ4v) is 2.87. The molecule has 1 aromatic heterocycles. The average Bonchev–Trinajstić information content (AvgIpc) is 2.53. The molecule has 2 rings (SSSR count). The van der Waals surface area contributed by atoms with Crippen molar-refractivity contribution < 1.29 is 14.6 Å². The summed E-state index contributed by atoms with van der Waals surface area (Å²) >= 11 is 3.45. The SMILES string of the molecule is COc1ccc(C(O)CCc2ccncc2)c(OC)c1Br. The minimum Gasteiger partial charge on any atom is -0.495 e. The van der Waals surface area contributed by atoms with Crippen molar-refractivity contribution in [3.63, 3.8) is 0 Å². The van der Waals surface area contributed by atoms with Gasteiger partial charge >= 0.3 is 0 Å². The molecule has 1 heterocycles. The highest BCUT2D eigenvalue weighted by Crippen LogP contribution is 2.40. The van der Waals surface area contributed by atoms with Gasteiger partial charge in [-0.3, -0.25) is 4.98 Å². The van der Waals surface area contributed by atoms with Gasteiger partial charge in [0.25, 0.3) is 0 Å². The van der Waals surface area contributed by atoms with Crippen LogP contribution in [0.25, 0.3) is 0 Å². The highest BCUT2D eigenvalue weighted by molar-refractivity contribution is 9.10. The van der Waals surface area contributed by atoms with Crippen LogP contribution in [0.5, 0.6) is 11.5 Å². The number of ether oxygens (including phenoxy) is 2. The van der Waals surface area contributed by atoms with Crippen molar-refractivity contribution in [1.29, 1.82) is 0 Å². The van der Waals surface area contributed by atoms with Crippen molar-refractivity contribution in [3.05, 3.63) is 52.3 Å². The zero-order valence-corrected chi connectivity index (χ0v) is 13.6. The maximum Gasteiger partial charge on any atom is 0.142 e. The summed E-state index contributed by atoms with van der Waals surface area (Å²) in [5, 5.41) is 10.4. The lowest BCUT2D eigenvalue weighted by molar-refractivity contribution is 0.163. The van der Waals surface area contributed by atoms with E-state index in [9.17, 15) is 5.11 Å². The Morgan fingerprint density at radius 2 is 1.86 bits per heavy atom. The van der Waals surface area contributed by atoms with Gasteiger partial charge < -0.3 is 14.6 Å². The van der Waals surface area contributed by atoms with Gasteiger partial charge in [-0.1, -0.05) is 0 Å². The van der Waals surface area contributed by atoms with Crippen LogP contribution in [-0.2, 0) is 6.42 Å². The summed E-state index contributed by atoms with van der Waals surface area (Å²) in [5.74, 6) is 1.29. The van der Waals surface area contributed by atoms with Crippen molar-refractivity contribution in [2.45, 2.75) is 18.9 Å². The number of pyridine rings is 1. The number of aryl methyl sites for hydroxylation is 1. The molecule has 0 saturated carbocycles. The number of aliphatic hydroxyl groups excluding tert-OH is 1. The highest BCUT2D eigenvalue weighted by Gasteiger charge is 2.18. The first-order valence-corrected chi connectivity index (χ1v) is 7.44. The molecule has 21 heavy (non-hydrogen) atoms. The van der Waals surface area contributed by atoms with Gasteiger partial charge in [-0.05, 0) is 58.6 Å². The first-order valence-electron chi connectivity index (χ1n) is 6.64. The molecule has 0 aliphatic rings. The molecule has 0 amide bonds. The van der Waals surface area contributed by atoms with Crippen LogP contribution in [0.3, 0.4) is 0 Å². The van der Waals surface area contributed by atoms with E-state index in [0.29, 0.717) is 22.4 Å². The van der Waals surface area contributed by atoms with E-state index in [0.717, 1.165) is 17.5 Å². The van der Waals surface area contributed by atoms with E-state index < -0.39 is 6.10 Å². The molecule has 0 aliphatic heterocycles. The third-order valence-electron chi connectivity index (χ3n) is 3.33. The van der Waals surface area contributed by atoms with Gasteiger partial charge in [0, 0.05) is 18.0 Å². The number of halogens is 1. The van der Waals surface area contributed by atoms with E-state index in [1.165, 1.54) is 0 Å². The second-order valence-electron chi connectivity index (χ2n) is 4.61. The first-order chi connectivity index (χ1) is 10.2. The van der Waals surface area contributed by atoms with Crippen LogP contribution in [0.2, 0.25) is 0 Å². The Morgan fingerprint density at radius 1 is 1.14 bits per heavy atom. The molecular weight excluding hydrogens is 334 g/mol. The fourth-order valence-electron chi connectivity index (χ4n) is 2.19. The van der Waals surface area contributed by atoms with E-state index >= 15 is 0 Å². The molecule has 0 aliphatic carbocycles. The van der Waals surface area contributed by atoms with Crippen LogP contribution in [0.4, 0.5) is 0 Å². The highest BCUT2D eigenvalue weighted by atomic mass is 79.9. The quantitative estimate of drug-likeness (QED) is 0.864. The molecule has 0 bridgehead atoms. The molecule has 0 spiro atoms. The number of aromatic nitrogens is 1. The molecule has 1 N–H and O–H groups in total. The summed E-state index contributed by atoms with van der Waals surface area (Å²) in [6, 6.07) is 7.55. The molecule has 1 aromatic carbocycles. The van der Waals surface area contributed by atoms with Gasteiger partial charge in [0.2, 0.25) is 0 Å². The predicted octanol–water partition coefficient (Wildman–Crippen LogP) is 3.53. The molecule has 1 atom stereocenters. The van der Waals surface area contributed by atoms with E-state index in [2.05, 4.69) is 20.9 Å². The van der Waals surface area contributed by atoms with Crippen molar-refractivity contribution in [3.8, 4) is 11.5 Å². The molecule has 2 aromatic rings. The van der Waals surface area contributed by atoms with Gasteiger partial charge in [-0.2, -0.15) is 0 Å². The fraction of sp³-hybridized carbons (Fsp3) is 0.312. The number of hydrogen-bond donors (Lipinski definition) is 1. The lowest BCUT2D eigenvalue weighted by atomic mass is 10.0. The smallest absolute Gasteiger partial charge is 0.142 e. The van der Waals surface area contributed by atoms with E-state index in [4.69, 9.17) is 9.47 Å². The summed E-state index contributed by atoms with van der Waals surface area (Å²) in [5.41, 5.74) is 1.90. The zero-order valence-electron chi connectivity index (χ0n) is 12.0. The van der Waals surface area contributed by atoms with Crippen molar-refractivity contribution in [2.75, 3.05) is 14.2 Å².